The van der Waals surface area contributed by atoms with Gasteiger partial charge in [0.15, 0.2) is 5.65 Å². The minimum Gasteiger partial charge on any atom is -0.376 e. The van der Waals surface area contributed by atoms with Crippen LogP contribution in [0.3, 0.4) is 0 Å². The van der Waals surface area contributed by atoms with Crippen LogP contribution in [0.1, 0.15) is 30.1 Å². The molecule has 0 radical (unpaired) electrons. The van der Waals surface area contributed by atoms with Crippen molar-refractivity contribution in [2.45, 2.75) is 31.9 Å². The van der Waals surface area contributed by atoms with Gasteiger partial charge in [-0.1, -0.05) is 6.07 Å². The monoisotopic (exact) mass is 474 g/mol. The maximum absolute atomic E-state index is 13.1. The lowest BCUT2D eigenvalue weighted by Gasteiger charge is -2.36. The lowest BCUT2D eigenvalue weighted by molar-refractivity contribution is -0.0180. The molecule has 0 spiro atoms. The number of anilines is 3. The Morgan fingerprint density at radius 3 is 2.83 bits per heavy atom. The van der Waals surface area contributed by atoms with Gasteiger partial charge in [-0.25, -0.2) is 9.97 Å². The van der Waals surface area contributed by atoms with E-state index in [1.165, 1.54) is 10.8 Å². The average molecular weight is 475 g/mol. The quantitative estimate of drug-likeness (QED) is 0.355. The van der Waals surface area contributed by atoms with Crippen LogP contribution in [0.2, 0.25) is 0 Å². The first-order chi connectivity index (χ1) is 17.1. The van der Waals surface area contributed by atoms with Crippen LogP contribution in [0.15, 0.2) is 59.8 Å². The number of carbonyl (C=O) groups excluding carboxylic acids is 1. The Labute approximate surface area is 201 Å². The van der Waals surface area contributed by atoms with E-state index in [1.54, 1.807) is 54.3 Å². The summed E-state index contributed by atoms with van der Waals surface area (Å²) < 4.78 is 8.67. The van der Waals surface area contributed by atoms with Gasteiger partial charge in [0.1, 0.15) is 28.7 Å². The molecule has 0 saturated heterocycles. The third-order valence-corrected chi connectivity index (χ3v) is 5.99. The molecule has 4 aromatic heterocycles. The number of nitrogens with one attached hydrogen (secondary N) is 3. The molecule has 11 nitrogen and oxygen atoms in total. The topological polar surface area (TPSA) is 127 Å². The standard InChI is InChI=1S/C24H26N8O3/c1-3-35-18-10-9-16(18)29-23(33)15-14-27-32-21(25-2)13-19(30-22(15)32)28-17-7-6-12-31(24(17)34)20-8-4-5-11-26-20/h4-8,11-14,16,18,25H,3,9-10H2,1-2H3,(H,28,30)(H,29,33)/t16?,18-/m0/s1. The molecule has 11 heteroatoms. The van der Waals surface area contributed by atoms with Gasteiger partial charge in [-0.15, -0.1) is 0 Å². The maximum atomic E-state index is 13.1. The summed E-state index contributed by atoms with van der Waals surface area (Å²) in [5, 5.41) is 13.5. The van der Waals surface area contributed by atoms with Crippen molar-refractivity contribution in [2.24, 2.45) is 0 Å². The number of carbonyl (C=O) groups is 1. The number of nitrogens with zero attached hydrogens (tertiary/aromatic N) is 5. The lowest BCUT2D eigenvalue weighted by Crippen LogP contribution is -2.51. The van der Waals surface area contributed by atoms with Gasteiger partial charge in [-0.3, -0.25) is 14.2 Å². The molecule has 1 aliphatic carbocycles. The van der Waals surface area contributed by atoms with Crippen LogP contribution in [0.25, 0.3) is 11.5 Å². The Kier molecular flexibility index (Phi) is 6.15. The van der Waals surface area contributed by atoms with E-state index in [0.29, 0.717) is 41.0 Å². The van der Waals surface area contributed by atoms with Crippen LogP contribution >= 0.6 is 0 Å². The van der Waals surface area contributed by atoms with Gasteiger partial charge in [0.05, 0.1) is 18.3 Å². The molecule has 3 N–H and O–H groups in total. The number of amides is 1. The summed E-state index contributed by atoms with van der Waals surface area (Å²) in [5.74, 6) is 1.24. The van der Waals surface area contributed by atoms with Crippen molar-refractivity contribution in [3.05, 3.63) is 70.9 Å². The normalized spacial score (nSPS) is 17.1. The van der Waals surface area contributed by atoms with Crippen molar-refractivity contribution in [2.75, 3.05) is 24.3 Å². The predicted octanol–water partition coefficient (Wildman–Crippen LogP) is 2.36. The van der Waals surface area contributed by atoms with Crippen molar-refractivity contribution in [3.8, 4) is 5.82 Å². The van der Waals surface area contributed by atoms with Crippen LogP contribution in [-0.2, 0) is 4.74 Å². The number of fused-ring (bicyclic) bond motifs is 1. The predicted molar refractivity (Wildman–Crippen MR) is 132 cm³/mol. The summed E-state index contributed by atoms with van der Waals surface area (Å²) in [6, 6.07) is 10.5. The number of hydrogen-bond donors (Lipinski definition) is 3. The molecule has 4 heterocycles. The van der Waals surface area contributed by atoms with E-state index in [9.17, 15) is 9.59 Å². The summed E-state index contributed by atoms with van der Waals surface area (Å²) in [5.41, 5.74) is 0.741. The van der Waals surface area contributed by atoms with Gasteiger partial charge in [0.25, 0.3) is 11.5 Å². The smallest absolute Gasteiger partial charge is 0.279 e. The Hall–Kier alpha value is -4.25. The van der Waals surface area contributed by atoms with Crippen molar-refractivity contribution in [1.29, 1.82) is 0 Å². The molecule has 180 valence electrons. The SMILES string of the molecule is CCO[C@H]1CCC1NC(=O)c1cnn2c(NC)cc(Nc3cccn(-c4ccccn4)c3=O)nc12. The Balaban J connectivity index is 1.46. The fourth-order valence-electron chi connectivity index (χ4n) is 4.06. The highest BCUT2D eigenvalue weighted by atomic mass is 16.5. The molecule has 0 aliphatic heterocycles. The minimum absolute atomic E-state index is 0.0307. The molecule has 0 aromatic carbocycles. The zero-order chi connectivity index (χ0) is 24.4. The number of ether oxygens (including phenoxy) is 1. The Morgan fingerprint density at radius 2 is 2.11 bits per heavy atom. The molecular formula is C24H26N8O3. The van der Waals surface area contributed by atoms with E-state index in [-0.39, 0.29) is 23.6 Å². The summed E-state index contributed by atoms with van der Waals surface area (Å²) in [7, 11) is 1.75. The Morgan fingerprint density at radius 1 is 1.23 bits per heavy atom. The van der Waals surface area contributed by atoms with Crippen molar-refractivity contribution < 1.29 is 9.53 Å². The van der Waals surface area contributed by atoms with Gasteiger partial charge in [-0.05, 0) is 44.0 Å². The second-order valence-electron chi connectivity index (χ2n) is 8.13. The number of pyridine rings is 2. The third-order valence-electron chi connectivity index (χ3n) is 5.99. The number of rotatable bonds is 8. The van der Waals surface area contributed by atoms with Crippen LogP contribution in [0.4, 0.5) is 17.3 Å². The van der Waals surface area contributed by atoms with Gasteiger partial charge in [0, 0.05) is 32.1 Å². The van der Waals surface area contributed by atoms with Crippen molar-refractivity contribution in [1.82, 2.24) is 29.5 Å². The summed E-state index contributed by atoms with van der Waals surface area (Å²) >= 11 is 0. The summed E-state index contributed by atoms with van der Waals surface area (Å²) in [6.45, 7) is 2.55. The largest absolute Gasteiger partial charge is 0.376 e. The van der Waals surface area contributed by atoms with Gasteiger partial charge < -0.3 is 20.7 Å². The minimum atomic E-state index is -0.280. The fraction of sp³-hybridized carbons (Fsp3) is 0.292. The second kappa shape index (κ2) is 9.55. The van der Waals surface area contributed by atoms with E-state index in [1.807, 2.05) is 13.0 Å². The first-order valence-electron chi connectivity index (χ1n) is 11.5. The van der Waals surface area contributed by atoms with Crippen LogP contribution < -0.4 is 21.5 Å². The number of hydrogen-bond acceptors (Lipinski definition) is 8. The maximum Gasteiger partial charge on any atom is 0.279 e. The van der Waals surface area contributed by atoms with E-state index in [0.717, 1.165) is 12.8 Å². The van der Waals surface area contributed by atoms with E-state index in [2.05, 4.69) is 31.0 Å². The molecule has 0 bridgehead atoms. The van der Waals surface area contributed by atoms with Crippen LogP contribution in [-0.4, -0.2) is 55.9 Å². The molecule has 1 aliphatic rings. The van der Waals surface area contributed by atoms with E-state index >= 15 is 0 Å². The highest BCUT2D eigenvalue weighted by Gasteiger charge is 2.33. The van der Waals surface area contributed by atoms with E-state index < -0.39 is 0 Å². The second-order valence-corrected chi connectivity index (χ2v) is 8.13. The fourth-order valence-corrected chi connectivity index (χ4v) is 4.06. The van der Waals surface area contributed by atoms with Gasteiger partial charge in [-0.2, -0.15) is 9.61 Å². The average Bonchev–Trinajstić information content (AvgIpc) is 3.30. The highest BCUT2D eigenvalue weighted by Crippen LogP contribution is 2.25. The number of aromatic nitrogens is 5. The van der Waals surface area contributed by atoms with Crippen LogP contribution in [0.5, 0.6) is 0 Å². The van der Waals surface area contributed by atoms with E-state index in [4.69, 9.17) is 4.74 Å². The first-order valence-corrected chi connectivity index (χ1v) is 11.5. The molecule has 1 fully saturated rings. The van der Waals surface area contributed by atoms with Crippen molar-refractivity contribution in [3.63, 3.8) is 0 Å². The lowest BCUT2D eigenvalue weighted by atomic mass is 9.89. The van der Waals surface area contributed by atoms with Gasteiger partial charge >= 0.3 is 0 Å². The first kappa shape index (κ1) is 22.5. The third kappa shape index (κ3) is 4.33. The zero-order valence-electron chi connectivity index (χ0n) is 19.4. The molecule has 2 atom stereocenters. The molecular weight excluding hydrogens is 448 g/mol. The molecule has 5 rings (SSSR count). The zero-order valence-corrected chi connectivity index (χ0v) is 19.4. The van der Waals surface area contributed by atoms with Gasteiger partial charge in [0.2, 0.25) is 0 Å². The molecule has 35 heavy (non-hydrogen) atoms. The molecule has 1 unspecified atom stereocenters. The summed E-state index contributed by atoms with van der Waals surface area (Å²) in [4.78, 5) is 35.0. The van der Waals surface area contributed by atoms with Crippen molar-refractivity contribution >= 4 is 28.9 Å². The molecule has 1 amide bonds. The highest BCUT2D eigenvalue weighted by molar-refractivity contribution is 6.00. The van der Waals surface area contributed by atoms with Crippen LogP contribution in [0, 0.1) is 0 Å². The molecule has 1 saturated carbocycles. The summed E-state index contributed by atoms with van der Waals surface area (Å²) in [6.07, 6.45) is 6.60. The Bertz CT molecular complexity index is 1420. The molecule has 4 aromatic rings.